The Morgan fingerprint density at radius 1 is 0.902 bits per heavy atom. The molecule has 2 amide bonds. The zero-order chi connectivity index (χ0) is 30.4. The van der Waals surface area contributed by atoms with Gasteiger partial charge in [-0.3, -0.25) is 0 Å². The van der Waals surface area contributed by atoms with E-state index in [1.807, 2.05) is 0 Å². The molecule has 0 aliphatic rings. The highest BCUT2D eigenvalue weighted by molar-refractivity contribution is 6.02. The second-order valence-corrected chi connectivity index (χ2v) is 8.43. The number of allylic oxidation sites excluding steroid dienone is 2. The van der Waals surface area contributed by atoms with Gasteiger partial charge in [0, 0.05) is 11.6 Å². The van der Waals surface area contributed by atoms with Gasteiger partial charge in [0.15, 0.2) is 0 Å². The molecule has 0 atom stereocenters. The molecular weight excluding hydrogens is 568 g/mol. The predicted octanol–water partition coefficient (Wildman–Crippen LogP) is 7.97. The van der Waals surface area contributed by atoms with E-state index in [2.05, 4.69) is 10.6 Å². The first-order valence-electron chi connectivity index (χ1n) is 11.6. The van der Waals surface area contributed by atoms with Crippen LogP contribution >= 0.6 is 0 Å². The summed E-state index contributed by atoms with van der Waals surface area (Å²) in [5, 5.41) is 14.0. The summed E-state index contributed by atoms with van der Waals surface area (Å²) in [6, 6.07) is 8.60. The van der Waals surface area contributed by atoms with E-state index >= 15 is 0 Å². The molecule has 0 aliphatic carbocycles. The average molecular weight is 588 g/mol. The standard InChI is InChI=1S/C27H20F8N2O4/c28-17-7-8-18(24(38)39)19(14-17)16-12-15(4-3-9-26(30,31)32)23(41-11-10-27(33,34)35)22(13-16)37-25(40)36-21-6-2-1-5-20(21)29/h1-3,5-9,12-14H,4,10-11H2,(H,38,39)(H2,36,37,40)/b9-3+. The summed E-state index contributed by atoms with van der Waals surface area (Å²) in [6.07, 6.45) is -11.0. The fraction of sp³-hybridized carbons (Fsp3) is 0.185. The van der Waals surface area contributed by atoms with E-state index in [0.29, 0.717) is 6.08 Å². The highest BCUT2D eigenvalue weighted by Crippen LogP contribution is 2.38. The van der Waals surface area contributed by atoms with Gasteiger partial charge in [0.25, 0.3) is 0 Å². The van der Waals surface area contributed by atoms with Crippen molar-refractivity contribution in [1.82, 2.24) is 0 Å². The summed E-state index contributed by atoms with van der Waals surface area (Å²) >= 11 is 0. The number of hydrogen-bond acceptors (Lipinski definition) is 3. The van der Waals surface area contributed by atoms with E-state index in [4.69, 9.17) is 4.74 Å². The van der Waals surface area contributed by atoms with Crippen LogP contribution in [0, 0.1) is 11.6 Å². The molecule has 0 radical (unpaired) electrons. The Labute approximate surface area is 227 Å². The van der Waals surface area contributed by atoms with Crippen LogP contribution in [0.4, 0.5) is 51.3 Å². The topological polar surface area (TPSA) is 87.7 Å². The summed E-state index contributed by atoms with van der Waals surface area (Å²) in [6.45, 7) is -0.997. The van der Waals surface area contributed by atoms with Crippen molar-refractivity contribution in [3.05, 3.63) is 89.5 Å². The monoisotopic (exact) mass is 588 g/mol. The van der Waals surface area contributed by atoms with Crippen molar-refractivity contribution >= 4 is 23.4 Å². The van der Waals surface area contributed by atoms with Crippen LogP contribution < -0.4 is 15.4 Å². The first-order chi connectivity index (χ1) is 19.1. The van der Waals surface area contributed by atoms with Crippen LogP contribution in [0.2, 0.25) is 0 Å². The molecule has 0 aliphatic heterocycles. The SMILES string of the molecule is O=C(Nc1ccccc1F)Nc1cc(-c2cc(F)ccc2C(=O)O)cc(C/C=C/C(F)(F)F)c1OCCC(F)(F)F. The largest absolute Gasteiger partial charge is 0.491 e. The maximum atomic E-state index is 14.1. The molecule has 0 unspecified atom stereocenters. The first-order valence-corrected chi connectivity index (χ1v) is 11.6. The van der Waals surface area contributed by atoms with Gasteiger partial charge in [-0.25, -0.2) is 18.4 Å². The molecule has 218 valence electrons. The van der Waals surface area contributed by atoms with Gasteiger partial charge >= 0.3 is 24.4 Å². The third-order valence-corrected chi connectivity index (χ3v) is 5.34. The van der Waals surface area contributed by atoms with E-state index in [9.17, 15) is 49.8 Å². The zero-order valence-corrected chi connectivity index (χ0v) is 20.7. The molecule has 0 bridgehead atoms. The number of benzene rings is 3. The fourth-order valence-corrected chi connectivity index (χ4v) is 3.63. The van der Waals surface area contributed by atoms with Crippen LogP contribution in [0.1, 0.15) is 22.3 Å². The normalized spacial score (nSPS) is 11.9. The van der Waals surface area contributed by atoms with Gasteiger partial charge < -0.3 is 20.5 Å². The molecule has 6 nitrogen and oxygen atoms in total. The van der Waals surface area contributed by atoms with Gasteiger partial charge in [0.2, 0.25) is 0 Å². The van der Waals surface area contributed by atoms with Gasteiger partial charge in [-0.05, 0) is 60.0 Å². The lowest BCUT2D eigenvalue weighted by atomic mass is 9.95. The molecule has 0 saturated carbocycles. The number of carbonyl (C=O) groups is 2. The number of nitrogens with one attached hydrogen (secondary N) is 2. The van der Waals surface area contributed by atoms with Crippen molar-refractivity contribution in [2.75, 3.05) is 17.2 Å². The van der Waals surface area contributed by atoms with E-state index in [1.165, 1.54) is 18.2 Å². The summed E-state index contributed by atoms with van der Waals surface area (Å²) < 4.78 is 110. The van der Waals surface area contributed by atoms with Gasteiger partial charge in [-0.1, -0.05) is 18.2 Å². The lowest BCUT2D eigenvalue weighted by Gasteiger charge is -2.20. The van der Waals surface area contributed by atoms with Gasteiger partial charge in [-0.2, -0.15) is 26.3 Å². The molecule has 0 spiro atoms. The number of alkyl halides is 6. The van der Waals surface area contributed by atoms with Crippen molar-refractivity contribution in [2.24, 2.45) is 0 Å². The quantitative estimate of drug-likeness (QED) is 0.175. The summed E-state index contributed by atoms with van der Waals surface area (Å²) in [5.41, 5.74) is -1.69. The second kappa shape index (κ2) is 12.7. The highest BCUT2D eigenvalue weighted by atomic mass is 19.4. The number of carbonyl (C=O) groups excluding carboxylic acids is 1. The summed E-state index contributed by atoms with van der Waals surface area (Å²) in [5.74, 6) is -3.67. The minimum Gasteiger partial charge on any atom is -0.491 e. The molecule has 3 rings (SSSR count). The van der Waals surface area contributed by atoms with Crippen LogP contribution in [-0.4, -0.2) is 36.1 Å². The van der Waals surface area contributed by atoms with Gasteiger partial charge in [0.1, 0.15) is 17.4 Å². The zero-order valence-electron chi connectivity index (χ0n) is 20.7. The third kappa shape index (κ3) is 9.22. The highest BCUT2D eigenvalue weighted by Gasteiger charge is 2.28. The van der Waals surface area contributed by atoms with Gasteiger partial charge in [-0.15, -0.1) is 0 Å². The van der Waals surface area contributed by atoms with Crippen LogP contribution in [-0.2, 0) is 6.42 Å². The van der Waals surface area contributed by atoms with E-state index < -0.39 is 72.4 Å². The van der Waals surface area contributed by atoms with Crippen LogP contribution in [0.25, 0.3) is 11.1 Å². The van der Waals surface area contributed by atoms with E-state index in [1.54, 1.807) is 0 Å². The molecule has 14 heteroatoms. The number of aromatic carboxylic acids is 1. The second-order valence-electron chi connectivity index (χ2n) is 8.43. The molecule has 41 heavy (non-hydrogen) atoms. The van der Waals surface area contributed by atoms with Crippen molar-refractivity contribution in [1.29, 1.82) is 0 Å². The Kier molecular flexibility index (Phi) is 9.58. The fourth-order valence-electron chi connectivity index (χ4n) is 3.63. The Morgan fingerprint density at radius 2 is 1.59 bits per heavy atom. The van der Waals surface area contributed by atoms with Crippen molar-refractivity contribution in [3.63, 3.8) is 0 Å². The number of anilines is 2. The molecular formula is C27H20F8N2O4. The number of para-hydroxylation sites is 1. The van der Waals surface area contributed by atoms with Crippen molar-refractivity contribution in [2.45, 2.75) is 25.2 Å². The maximum Gasteiger partial charge on any atom is 0.409 e. The number of hydrogen-bond donors (Lipinski definition) is 3. The number of urea groups is 1. The average Bonchev–Trinajstić information content (AvgIpc) is 2.85. The number of carboxylic acids is 1. The van der Waals surface area contributed by atoms with Crippen LogP contribution in [0.3, 0.4) is 0 Å². The lowest BCUT2D eigenvalue weighted by molar-refractivity contribution is -0.139. The molecule has 3 N–H and O–H groups in total. The summed E-state index contributed by atoms with van der Waals surface area (Å²) in [7, 11) is 0. The molecule has 3 aromatic rings. The number of halogens is 8. The Bertz CT molecular complexity index is 1450. The lowest BCUT2D eigenvalue weighted by Crippen LogP contribution is -2.21. The maximum absolute atomic E-state index is 14.1. The number of amides is 2. The minimum atomic E-state index is -4.74. The van der Waals surface area contributed by atoms with Crippen LogP contribution in [0.15, 0.2) is 66.7 Å². The van der Waals surface area contributed by atoms with Gasteiger partial charge in [0.05, 0.1) is 30.0 Å². The number of ether oxygens (including phenoxy) is 1. The molecule has 0 heterocycles. The Hall–Kier alpha value is -4.62. The molecule has 3 aromatic carbocycles. The Balaban J connectivity index is 2.16. The molecule has 0 saturated heterocycles. The Morgan fingerprint density at radius 3 is 2.22 bits per heavy atom. The summed E-state index contributed by atoms with van der Waals surface area (Å²) in [4.78, 5) is 24.5. The number of carboxylic acid groups (broad SMARTS) is 1. The minimum absolute atomic E-state index is 0.123. The third-order valence-electron chi connectivity index (χ3n) is 5.34. The van der Waals surface area contributed by atoms with E-state index in [-0.39, 0.29) is 28.5 Å². The molecule has 0 fully saturated rings. The predicted molar refractivity (Wildman–Crippen MR) is 133 cm³/mol. The first kappa shape index (κ1) is 30.9. The van der Waals surface area contributed by atoms with Crippen LogP contribution in [0.5, 0.6) is 5.75 Å². The molecule has 0 aromatic heterocycles. The smallest absolute Gasteiger partial charge is 0.409 e. The van der Waals surface area contributed by atoms with Crippen molar-refractivity contribution < 1.29 is 54.6 Å². The van der Waals surface area contributed by atoms with Crippen molar-refractivity contribution in [3.8, 4) is 16.9 Å². The number of rotatable bonds is 9. The van der Waals surface area contributed by atoms with E-state index in [0.717, 1.165) is 36.4 Å².